The first-order valence-electron chi connectivity index (χ1n) is 9.69. The van der Waals surface area contributed by atoms with E-state index in [-0.39, 0.29) is 5.91 Å². The van der Waals surface area contributed by atoms with Gasteiger partial charge in [0.1, 0.15) is 5.82 Å². The van der Waals surface area contributed by atoms with Crippen LogP contribution in [0.3, 0.4) is 0 Å². The van der Waals surface area contributed by atoms with Crippen LogP contribution in [0.25, 0.3) is 11.2 Å². The highest BCUT2D eigenvalue weighted by Crippen LogP contribution is 2.38. The van der Waals surface area contributed by atoms with E-state index in [9.17, 15) is 4.79 Å². The van der Waals surface area contributed by atoms with Crippen LogP contribution < -0.4 is 10.1 Å². The minimum absolute atomic E-state index is 0.0379. The SMILES string of the molecule is COc1ccc2[nH]c(C[C@@H]3C[C@@H](C(C)C)[C@H](CNC(C)=O)C=C3C)nc2n1. The highest BCUT2D eigenvalue weighted by atomic mass is 16.5. The van der Waals surface area contributed by atoms with Gasteiger partial charge in [0.15, 0.2) is 5.65 Å². The van der Waals surface area contributed by atoms with Crippen molar-refractivity contribution >= 4 is 17.1 Å². The molecule has 0 aliphatic heterocycles. The predicted molar refractivity (Wildman–Crippen MR) is 107 cm³/mol. The van der Waals surface area contributed by atoms with Crippen LogP contribution in [0.5, 0.6) is 5.88 Å². The predicted octanol–water partition coefficient (Wildman–Crippen LogP) is 3.50. The number of H-pyrrole nitrogens is 1. The van der Waals surface area contributed by atoms with Crippen molar-refractivity contribution in [3.63, 3.8) is 0 Å². The highest BCUT2D eigenvalue weighted by Gasteiger charge is 2.32. The maximum atomic E-state index is 11.3. The molecule has 0 radical (unpaired) electrons. The van der Waals surface area contributed by atoms with Gasteiger partial charge in [0.2, 0.25) is 11.8 Å². The average Bonchev–Trinajstić information content (AvgIpc) is 3.02. The molecule has 0 fully saturated rings. The molecule has 3 rings (SSSR count). The summed E-state index contributed by atoms with van der Waals surface area (Å²) in [5, 5.41) is 2.99. The number of ether oxygens (including phenoxy) is 1. The number of aromatic amines is 1. The lowest BCUT2D eigenvalue weighted by molar-refractivity contribution is -0.119. The quantitative estimate of drug-likeness (QED) is 0.763. The molecule has 0 bridgehead atoms. The number of hydrogen-bond acceptors (Lipinski definition) is 4. The van der Waals surface area contributed by atoms with Crippen molar-refractivity contribution in [3.05, 3.63) is 29.6 Å². The molecular formula is C21H30N4O2. The third-order valence-electron chi connectivity index (χ3n) is 5.69. The standard InChI is InChI=1S/C21H30N4O2/c1-12(2)17-9-15(13(3)8-16(17)11-22-14(4)26)10-19-23-18-6-7-20(27-5)25-21(18)24-19/h6-8,12,15-17H,9-11H2,1-5H3,(H,22,26)(H,23,24,25)/t15-,16-,17-/m0/s1. The molecule has 1 aliphatic rings. The summed E-state index contributed by atoms with van der Waals surface area (Å²) in [6.45, 7) is 9.04. The summed E-state index contributed by atoms with van der Waals surface area (Å²) in [5.41, 5.74) is 3.02. The number of imidazole rings is 1. The zero-order valence-corrected chi connectivity index (χ0v) is 16.9. The summed E-state index contributed by atoms with van der Waals surface area (Å²) in [5.74, 6) is 3.54. The van der Waals surface area contributed by atoms with Crippen LogP contribution in [0.4, 0.5) is 0 Å². The number of fused-ring (bicyclic) bond motifs is 1. The third kappa shape index (κ3) is 4.49. The fourth-order valence-electron chi connectivity index (χ4n) is 4.14. The second-order valence-electron chi connectivity index (χ2n) is 7.96. The van der Waals surface area contributed by atoms with E-state index in [4.69, 9.17) is 4.74 Å². The fourth-order valence-corrected chi connectivity index (χ4v) is 4.14. The van der Waals surface area contributed by atoms with Crippen LogP contribution in [0.2, 0.25) is 0 Å². The van der Waals surface area contributed by atoms with Crippen molar-refractivity contribution < 1.29 is 9.53 Å². The van der Waals surface area contributed by atoms with Crippen molar-refractivity contribution in [2.75, 3.05) is 13.7 Å². The van der Waals surface area contributed by atoms with Crippen LogP contribution in [0.1, 0.15) is 39.9 Å². The number of carbonyl (C=O) groups is 1. The first kappa shape index (κ1) is 19.4. The van der Waals surface area contributed by atoms with Crippen LogP contribution in [-0.2, 0) is 11.2 Å². The lowest BCUT2D eigenvalue weighted by Crippen LogP contribution is -2.36. The number of nitrogens with one attached hydrogen (secondary N) is 2. The second-order valence-corrected chi connectivity index (χ2v) is 7.96. The Morgan fingerprint density at radius 3 is 2.81 bits per heavy atom. The lowest BCUT2D eigenvalue weighted by Gasteiger charge is -2.37. The van der Waals surface area contributed by atoms with Gasteiger partial charge in [-0.05, 0) is 43.1 Å². The van der Waals surface area contributed by atoms with E-state index < -0.39 is 0 Å². The Morgan fingerprint density at radius 1 is 1.37 bits per heavy atom. The lowest BCUT2D eigenvalue weighted by atomic mass is 9.70. The van der Waals surface area contributed by atoms with E-state index in [1.165, 1.54) is 5.57 Å². The van der Waals surface area contributed by atoms with Gasteiger partial charge in [-0.1, -0.05) is 25.5 Å². The van der Waals surface area contributed by atoms with Crippen LogP contribution in [0, 0.1) is 23.7 Å². The van der Waals surface area contributed by atoms with E-state index in [1.807, 2.05) is 12.1 Å². The van der Waals surface area contributed by atoms with E-state index >= 15 is 0 Å². The van der Waals surface area contributed by atoms with E-state index in [2.05, 4.69) is 47.1 Å². The van der Waals surface area contributed by atoms with Gasteiger partial charge in [-0.3, -0.25) is 4.79 Å². The largest absolute Gasteiger partial charge is 0.481 e. The Hall–Kier alpha value is -2.37. The minimum atomic E-state index is 0.0379. The Bertz CT molecular complexity index is 840. The molecule has 2 heterocycles. The molecular weight excluding hydrogens is 340 g/mol. The van der Waals surface area contributed by atoms with Crippen LogP contribution >= 0.6 is 0 Å². The molecule has 146 valence electrons. The summed E-state index contributed by atoms with van der Waals surface area (Å²) in [6, 6.07) is 3.80. The van der Waals surface area contributed by atoms with E-state index in [0.29, 0.717) is 35.2 Å². The van der Waals surface area contributed by atoms with Gasteiger partial charge in [-0.25, -0.2) is 4.98 Å². The third-order valence-corrected chi connectivity index (χ3v) is 5.69. The topological polar surface area (TPSA) is 79.9 Å². The molecule has 2 N–H and O–H groups in total. The molecule has 6 nitrogen and oxygen atoms in total. The Labute approximate surface area is 160 Å². The average molecular weight is 370 g/mol. The van der Waals surface area contributed by atoms with Crippen molar-refractivity contribution in [1.29, 1.82) is 0 Å². The monoisotopic (exact) mass is 370 g/mol. The summed E-state index contributed by atoms with van der Waals surface area (Å²) in [4.78, 5) is 23.8. The molecule has 0 unspecified atom stereocenters. The Kier molecular flexibility index (Phi) is 5.82. The summed E-state index contributed by atoms with van der Waals surface area (Å²) in [7, 11) is 1.61. The summed E-state index contributed by atoms with van der Waals surface area (Å²) >= 11 is 0. The van der Waals surface area contributed by atoms with Gasteiger partial charge >= 0.3 is 0 Å². The molecule has 1 amide bonds. The first-order valence-corrected chi connectivity index (χ1v) is 9.69. The van der Waals surface area contributed by atoms with E-state index in [0.717, 1.165) is 30.7 Å². The van der Waals surface area contributed by atoms with Gasteiger partial charge in [0.05, 0.1) is 12.6 Å². The normalized spacial score (nSPS) is 22.7. The Morgan fingerprint density at radius 2 is 2.15 bits per heavy atom. The van der Waals surface area contributed by atoms with Crippen LogP contribution in [-0.4, -0.2) is 34.5 Å². The minimum Gasteiger partial charge on any atom is -0.481 e. The first-order chi connectivity index (χ1) is 12.9. The molecule has 0 spiro atoms. The molecule has 0 aromatic carbocycles. The smallest absolute Gasteiger partial charge is 0.216 e. The number of hydrogen-bond donors (Lipinski definition) is 2. The molecule has 0 saturated carbocycles. The van der Waals surface area contributed by atoms with Gasteiger partial charge < -0.3 is 15.0 Å². The number of methoxy groups -OCH3 is 1. The summed E-state index contributed by atoms with van der Waals surface area (Å²) < 4.78 is 5.19. The zero-order chi connectivity index (χ0) is 19.6. The molecule has 0 saturated heterocycles. The number of pyridine rings is 1. The number of allylic oxidation sites excluding steroid dienone is 1. The molecule has 2 aromatic rings. The summed E-state index contributed by atoms with van der Waals surface area (Å²) in [6.07, 6.45) is 4.34. The number of nitrogens with zero attached hydrogens (tertiary/aromatic N) is 2. The van der Waals surface area contributed by atoms with Gasteiger partial charge in [0.25, 0.3) is 0 Å². The zero-order valence-electron chi connectivity index (χ0n) is 16.9. The molecule has 1 aliphatic carbocycles. The fraction of sp³-hybridized carbons (Fsp3) is 0.571. The van der Waals surface area contributed by atoms with Gasteiger partial charge in [-0.15, -0.1) is 0 Å². The Balaban J connectivity index is 1.78. The molecule has 6 heteroatoms. The van der Waals surface area contributed by atoms with Crippen molar-refractivity contribution in [2.24, 2.45) is 23.7 Å². The maximum absolute atomic E-state index is 11.3. The number of rotatable bonds is 6. The molecule has 2 aromatic heterocycles. The maximum Gasteiger partial charge on any atom is 0.216 e. The second kappa shape index (κ2) is 8.11. The van der Waals surface area contributed by atoms with Crippen molar-refractivity contribution in [1.82, 2.24) is 20.3 Å². The highest BCUT2D eigenvalue weighted by molar-refractivity contribution is 5.72. The number of amides is 1. The van der Waals surface area contributed by atoms with Crippen molar-refractivity contribution in [3.8, 4) is 5.88 Å². The number of carbonyl (C=O) groups excluding carboxylic acids is 1. The molecule has 27 heavy (non-hydrogen) atoms. The number of aromatic nitrogens is 3. The van der Waals surface area contributed by atoms with Crippen molar-refractivity contribution in [2.45, 2.75) is 40.5 Å². The van der Waals surface area contributed by atoms with E-state index in [1.54, 1.807) is 14.0 Å². The van der Waals surface area contributed by atoms with Crippen LogP contribution in [0.15, 0.2) is 23.8 Å². The molecule has 3 atom stereocenters. The van der Waals surface area contributed by atoms with Gasteiger partial charge in [0, 0.05) is 26.0 Å². The van der Waals surface area contributed by atoms with Gasteiger partial charge in [-0.2, -0.15) is 4.98 Å².